The minimum Gasteiger partial charge on any atom is -0.480 e. The van der Waals surface area contributed by atoms with E-state index in [1.807, 2.05) is 31.2 Å². The van der Waals surface area contributed by atoms with Gasteiger partial charge in [-0.3, -0.25) is 14.5 Å². The molecule has 4 amide bonds. The molecule has 8 nitrogen and oxygen atoms in total. The molecule has 3 atom stereocenters. The van der Waals surface area contributed by atoms with Gasteiger partial charge in [0.1, 0.15) is 12.1 Å². The molecule has 0 bridgehead atoms. The van der Waals surface area contributed by atoms with E-state index in [1.54, 1.807) is 11.8 Å². The van der Waals surface area contributed by atoms with Gasteiger partial charge in [0.15, 0.2) is 0 Å². The summed E-state index contributed by atoms with van der Waals surface area (Å²) in [7, 11) is 0. The summed E-state index contributed by atoms with van der Waals surface area (Å²) < 4.78 is 0. The van der Waals surface area contributed by atoms with Crippen molar-refractivity contribution in [1.29, 1.82) is 0 Å². The minimum absolute atomic E-state index is 0.0559. The number of amides is 4. The Kier molecular flexibility index (Phi) is 5.67. The van der Waals surface area contributed by atoms with Gasteiger partial charge in [-0.1, -0.05) is 44.5 Å². The minimum atomic E-state index is -1.09. The number of benzene rings is 1. The number of urea groups is 1. The number of rotatable bonds is 7. The van der Waals surface area contributed by atoms with Crippen molar-refractivity contribution < 1.29 is 24.3 Å². The summed E-state index contributed by atoms with van der Waals surface area (Å²) in [6.45, 7) is 3.92. The number of fused-ring (bicyclic) bond motifs is 2. The molecule has 0 aliphatic carbocycles. The van der Waals surface area contributed by atoms with Crippen LogP contribution in [-0.4, -0.2) is 57.3 Å². The number of carbonyl (C=O) groups excluding carboxylic acids is 3. The van der Waals surface area contributed by atoms with Crippen molar-refractivity contribution in [2.45, 2.75) is 51.7 Å². The van der Waals surface area contributed by atoms with Crippen LogP contribution in [0, 0.1) is 5.92 Å². The van der Waals surface area contributed by atoms with Crippen LogP contribution in [-0.2, 0) is 27.3 Å². The number of imide groups is 1. The molecule has 28 heavy (non-hydrogen) atoms. The van der Waals surface area contributed by atoms with Crippen LogP contribution in [0.5, 0.6) is 0 Å². The molecule has 0 saturated carbocycles. The Balaban J connectivity index is 1.61. The number of hydrogen-bond acceptors (Lipinski definition) is 4. The third-order valence-corrected chi connectivity index (χ3v) is 5.63. The predicted octanol–water partition coefficient (Wildman–Crippen LogP) is 1.38. The Labute approximate surface area is 163 Å². The SMILES string of the molecule is CCC(C)C(NC(=O)CCN1C(=O)C2Cc3ccccc3CN2C1=O)C(=O)O. The Morgan fingerprint density at radius 3 is 2.57 bits per heavy atom. The van der Waals surface area contributed by atoms with Gasteiger partial charge in [-0.2, -0.15) is 0 Å². The third kappa shape index (κ3) is 3.72. The largest absolute Gasteiger partial charge is 0.480 e. The van der Waals surface area contributed by atoms with Crippen LogP contribution in [0.4, 0.5) is 4.79 Å². The average molecular weight is 387 g/mol. The molecule has 2 aliphatic rings. The standard InChI is InChI=1S/C20H25N3O5/c1-3-12(2)17(19(26)27)21-16(24)8-9-22-18(25)15-10-13-6-4-5-7-14(13)11-23(15)20(22)28/h4-7,12,15,17H,3,8-11H2,1-2H3,(H,21,24)(H,26,27). The molecule has 0 radical (unpaired) electrons. The van der Waals surface area contributed by atoms with Crippen molar-refractivity contribution in [2.75, 3.05) is 6.54 Å². The zero-order chi connectivity index (χ0) is 20.4. The van der Waals surface area contributed by atoms with E-state index in [1.165, 1.54) is 0 Å². The monoisotopic (exact) mass is 387 g/mol. The van der Waals surface area contributed by atoms with Gasteiger partial charge in [0.25, 0.3) is 5.91 Å². The number of nitrogens with zero attached hydrogens (tertiary/aromatic N) is 2. The maximum absolute atomic E-state index is 12.7. The number of carboxylic acid groups (broad SMARTS) is 1. The molecule has 2 N–H and O–H groups in total. The predicted molar refractivity (Wildman–Crippen MR) is 100 cm³/mol. The molecule has 150 valence electrons. The Morgan fingerprint density at radius 2 is 1.93 bits per heavy atom. The van der Waals surface area contributed by atoms with E-state index in [2.05, 4.69) is 5.32 Å². The third-order valence-electron chi connectivity index (χ3n) is 5.63. The van der Waals surface area contributed by atoms with Gasteiger partial charge < -0.3 is 15.3 Å². The summed E-state index contributed by atoms with van der Waals surface area (Å²) in [5, 5.41) is 11.8. The first kappa shape index (κ1) is 19.9. The Hall–Kier alpha value is -2.90. The fraction of sp³-hybridized carbons (Fsp3) is 0.500. The lowest BCUT2D eigenvalue weighted by Gasteiger charge is -2.28. The van der Waals surface area contributed by atoms with E-state index in [0.717, 1.165) is 16.0 Å². The van der Waals surface area contributed by atoms with Crippen molar-refractivity contribution in [1.82, 2.24) is 15.1 Å². The molecular weight excluding hydrogens is 362 g/mol. The number of aliphatic carboxylic acids is 1. The summed E-state index contributed by atoms with van der Waals surface area (Å²) in [5.41, 5.74) is 2.08. The van der Waals surface area contributed by atoms with E-state index in [0.29, 0.717) is 19.4 Å². The molecular formula is C20H25N3O5. The van der Waals surface area contributed by atoms with Crippen LogP contribution in [0.2, 0.25) is 0 Å². The van der Waals surface area contributed by atoms with E-state index >= 15 is 0 Å². The van der Waals surface area contributed by atoms with Gasteiger partial charge in [0, 0.05) is 25.9 Å². The van der Waals surface area contributed by atoms with E-state index in [4.69, 9.17) is 0 Å². The van der Waals surface area contributed by atoms with Gasteiger partial charge >= 0.3 is 12.0 Å². The van der Waals surface area contributed by atoms with E-state index in [-0.39, 0.29) is 24.8 Å². The van der Waals surface area contributed by atoms with E-state index < -0.39 is 30.0 Å². The summed E-state index contributed by atoms with van der Waals surface area (Å²) in [6.07, 6.45) is 0.960. The van der Waals surface area contributed by atoms with Crippen molar-refractivity contribution in [3.8, 4) is 0 Å². The highest BCUT2D eigenvalue weighted by Crippen LogP contribution is 2.30. The zero-order valence-corrected chi connectivity index (χ0v) is 16.1. The molecule has 1 fully saturated rings. The van der Waals surface area contributed by atoms with Gasteiger partial charge in [-0.25, -0.2) is 9.59 Å². The topological polar surface area (TPSA) is 107 Å². The molecule has 3 unspecified atom stereocenters. The first-order valence-corrected chi connectivity index (χ1v) is 9.54. The molecule has 8 heteroatoms. The number of nitrogens with one attached hydrogen (secondary N) is 1. The summed E-state index contributed by atoms with van der Waals surface area (Å²) in [5.74, 6) is -2.10. The maximum atomic E-state index is 12.7. The second kappa shape index (κ2) is 8.00. The van der Waals surface area contributed by atoms with Crippen LogP contribution < -0.4 is 5.32 Å². The fourth-order valence-electron chi connectivity index (χ4n) is 3.72. The average Bonchev–Trinajstić information content (AvgIpc) is 2.91. The highest BCUT2D eigenvalue weighted by molar-refractivity contribution is 6.05. The van der Waals surface area contributed by atoms with Crippen LogP contribution in [0.3, 0.4) is 0 Å². The Morgan fingerprint density at radius 1 is 1.25 bits per heavy atom. The zero-order valence-electron chi connectivity index (χ0n) is 16.1. The van der Waals surface area contributed by atoms with Gasteiger partial charge in [-0.15, -0.1) is 0 Å². The molecule has 0 spiro atoms. The molecule has 1 saturated heterocycles. The normalized spacial score (nSPS) is 20.4. The number of carbonyl (C=O) groups is 4. The van der Waals surface area contributed by atoms with Crippen molar-refractivity contribution in [3.63, 3.8) is 0 Å². The van der Waals surface area contributed by atoms with Crippen LogP contribution in [0.15, 0.2) is 24.3 Å². The lowest BCUT2D eigenvalue weighted by atomic mass is 9.95. The molecule has 2 aliphatic heterocycles. The molecule has 2 heterocycles. The van der Waals surface area contributed by atoms with E-state index in [9.17, 15) is 24.3 Å². The van der Waals surface area contributed by atoms with Crippen LogP contribution in [0.1, 0.15) is 37.8 Å². The lowest BCUT2D eigenvalue weighted by molar-refractivity contribution is -0.143. The first-order chi connectivity index (χ1) is 13.3. The fourth-order valence-corrected chi connectivity index (χ4v) is 3.72. The summed E-state index contributed by atoms with van der Waals surface area (Å²) in [4.78, 5) is 51.5. The molecule has 1 aromatic carbocycles. The lowest BCUT2D eigenvalue weighted by Crippen LogP contribution is -2.46. The second-order valence-electron chi connectivity index (χ2n) is 7.41. The van der Waals surface area contributed by atoms with Crippen LogP contribution in [0.25, 0.3) is 0 Å². The summed E-state index contributed by atoms with van der Waals surface area (Å²) in [6, 6.07) is 5.81. The van der Waals surface area contributed by atoms with Gasteiger partial charge in [0.05, 0.1) is 0 Å². The van der Waals surface area contributed by atoms with Gasteiger partial charge in [-0.05, 0) is 17.0 Å². The second-order valence-corrected chi connectivity index (χ2v) is 7.41. The Bertz CT molecular complexity index is 766. The van der Waals surface area contributed by atoms with Crippen molar-refractivity contribution in [2.24, 2.45) is 5.92 Å². The van der Waals surface area contributed by atoms with Gasteiger partial charge in [0.2, 0.25) is 5.91 Å². The highest BCUT2D eigenvalue weighted by Gasteiger charge is 2.46. The smallest absolute Gasteiger partial charge is 0.327 e. The van der Waals surface area contributed by atoms with Crippen molar-refractivity contribution >= 4 is 23.8 Å². The molecule has 3 rings (SSSR count). The molecule has 1 aromatic rings. The number of carboxylic acids is 1. The van der Waals surface area contributed by atoms with Crippen molar-refractivity contribution in [3.05, 3.63) is 35.4 Å². The maximum Gasteiger partial charge on any atom is 0.327 e. The molecule has 0 aromatic heterocycles. The number of hydrogen-bond donors (Lipinski definition) is 2. The first-order valence-electron chi connectivity index (χ1n) is 9.54. The quantitative estimate of drug-likeness (QED) is 0.688. The van der Waals surface area contributed by atoms with Crippen LogP contribution >= 0.6 is 0 Å². The summed E-state index contributed by atoms with van der Waals surface area (Å²) >= 11 is 0. The highest BCUT2D eigenvalue weighted by atomic mass is 16.4.